The molecule has 0 spiro atoms. The van der Waals surface area contributed by atoms with E-state index >= 15 is 0 Å². The van der Waals surface area contributed by atoms with Gasteiger partial charge < -0.3 is 19.3 Å². The summed E-state index contributed by atoms with van der Waals surface area (Å²) in [7, 11) is 4.43. The van der Waals surface area contributed by atoms with Crippen LogP contribution in [-0.2, 0) is 9.59 Å². The number of hydrogen-bond acceptors (Lipinski definition) is 7. The van der Waals surface area contributed by atoms with Crippen molar-refractivity contribution in [1.29, 1.82) is 0 Å². The number of rotatable bonds is 6. The largest absolute Gasteiger partial charge is 0.507 e. The monoisotopic (exact) mass is 513 g/mol. The van der Waals surface area contributed by atoms with Gasteiger partial charge in [0, 0.05) is 23.1 Å². The van der Waals surface area contributed by atoms with Crippen molar-refractivity contribution in [2.24, 2.45) is 0 Å². The zero-order valence-electron chi connectivity index (χ0n) is 19.8. The second-order valence-electron chi connectivity index (χ2n) is 8.04. The number of aryl methyl sites for hydroxylation is 2. The first kappa shape index (κ1) is 24.6. The molecular weight excluding hydrogens is 490 g/mol. The van der Waals surface area contributed by atoms with Crippen LogP contribution in [0.25, 0.3) is 5.76 Å². The van der Waals surface area contributed by atoms with Crippen LogP contribution in [0.15, 0.2) is 47.4 Å². The molecule has 35 heavy (non-hydrogen) atoms. The van der Waals surface area contributed by atoms with Gasteiger partial charge in [-0.2, -0.15) is 0 Å². The van der Waals surface area contributed by atoms with Crippen LogP contribution in [0.5, 0.6) is 17.2 Å². The second-order valence-corrected chi connectivity index (χ2v) is 9.39. The number of aliphatic hydroxyl groups is 1. The number of hydrogen-bond donors (Lipinski definition) is 1. The fourth-order valence-corrected chi connectivity index (χ4v) is 5.58. The van der Waals surface area contributed by atoms with Crippen LogP contribution in [0.1, 0.15) is 27.6 Å². The van der Waals surface area contributed by atoms with Crippen molar-refractivity contribution in [1.82, 2.24) is 0 Å². The summed E-state index contributed by atoms with van der Waals surface area (Å²) in [5, 5.41) is 13.7. The van der Waals surface area contributed by atoms with E-state index in [-0.39, 0.29) is 27.7 Å². The van der Waals surface area contributed by atoms with E-state index in [0.29, 0.717) is 17.2 Å². The van der Waals surface area contributed by atoms with Gasteiger partial charge in [-0.25, -0.2) is 0 Å². The minimum absolute atomic E-state index is 0.0534. The molecule has 2 aromatic carbocycles. The molecule has 4 rings (SSSR count). The third-order valence-corrected chi connectivity index (χ3v) is 7.21. The van der Waals surface area contributed by atoms with Gasteiger partial charge in [-0.3, -0.25) is 14.5 Å². The number of benzene rings is 2. The molecule has 1 unspecified atom stereocenters. The van der Waals surface area contributed by atoms with Crippen LogP contribution in [0.2, 0.25) is 5.02 Å². The molecule has 7 nitrogen and oxygen atoms in total. The average molecular weight is 514 g/mol. The third-order valence-electron chi connectivity index (χ3n) is 5.86. The van der Waals surface area contributed by atoms with Gasteiger partial charge in [0.1, 0.15) is 29.0 Å². The summed E-state index contributed by atoms with van der Waals surface area (Å²) in [5.41, 5.74) is 2.21. The molecule has 0 aliphatic carbocycles. The van der Waals surface area contributed by atoms with E-state index in [1.54, 1.807) is 30.3 Å². The molecule has 182 valence electrons. The number of anilines is 1. The fourth-order valence-electron chi connectivity index (χ4n) is 4.20. The van der Waals surface area contributed by atoms with E-state index in [0.717, 1.165) is 16.0 Å². The zero-order valence-corrected chi connectivity index (χ0v) is 21.4. The lowest BCUT2D eigenvalue weighted by Gasteiger charge is -2.26. The van der Waals surface area contributed by atoms with Gasteiger partial charge in [0.05, 0.1) is 43.2 Å². The highest BCUT2D eigenvalue weighted by atomic mass is 35.5. The molecule has 1 aromatic heterocycles. The predicted molar refractivity (Wildman–Crippen MR) is 136 cm³/mol. The van der Waals surface area contributed by atoms with Crippen LogP contribution in [0.4, 0.5) is 5.69 Å². The number of aliphatic hydroxyl groups excluding tert-OH is 1. The minimum atomic E-state index is -0.879. The SMILES string of the molecule is COc1cc(OC)cc(N2C(=O)C(=O)/C(=C(/O)c3cc(C)cc(Cl)c3OC)C2c2sccc2C)c1. The quantitative estimate of drug-likeness (QED) is 0.260. The first-order chi connectivity index (χ1) is 16.7. The van der Waals surface area contributed by atoms with Gasteiger partial charge >= 0.3 is 0 Å². The Balaban J connectivity index is 2.02. The lowest BCUT2D eigenvalue weighted by molar-refractivity contribution is -0.132. The maximum Gasteiger partial charge on any atom is 0.300 e. The summed E-state index contributed by atoms with van der Waals surface area (Å²) < 4.78 is 16.2. The molecule has 0 bridgehead atoms. The molecule has 1 aliphatic heterocycles. The molecule has 0 saturated carbocycles. The smallest absolute Gasteiger partial charge is 0.300 e. The molecule has 1 saturated heterocycles. The third kappa shape index (κ3) is 4.24. The normalized spacial score (nSPS) is 17.1. The Morgan fingerprint density at radius 2 is 1.66 bits per heavy atom. The fraction of sp³-hybridized carbons (Fsp3) is 0.231. The van der Waals surface area contributed by atoms with E-state index in [4.69, 9.17) is 25.8 Å². The van der Waals surface area contributed by atoms with Gasteiger partial charge in [-0.15, -0.1) is 11.3 Å². The molecule has 2 heterocycles. The van der Waals surface area contributed by atoms with Gasteiger partial charge in [0.15, 0.2) is 0 Å². The van der Waals surface area contributed by atoms with Crippen molar-refractivity contribution in [2.75, 3.05) is 26.2 Å². The summed E-state index contributed by atoms with van der Waals surface area (Å²) >= 11 is 7.75. The number of thiophene rings is 1. The lowest BCUT2D eigenvalue weighted by atomic mass is 9.97. The highest BCUT2D eigenvalue weighted by Gasteiger charge is 2.48. The molecule has 1 aliphatic rings. The van der Waals surface area contributed by atoms with Crippen molar-refractivity contribution in [2.45, 2.75) is 19.9 Å². The Morgan fingerprint density at radius 3 is 2.20 bits per heavy atom. The summed E-state index contributed by atoms with van der Waals surface area (Å²) in [6.45, 7) is 3.70. The number of nitrogens with zero attached hydrogens (tertiary/aromatic N) is 1. The van der Waals surface area contributed by atoms with Crippen LogP contribution in [0, 0.1) is 13.8 Å². The predicted octanol–water partition coefficient (Wildman–Crippen LogP) is 5.67. The molecule has 9 heteroatoms. The van der Waals surface area contributed by atoms with Gasteiger partial charge in [0.2, 0.25) is 0 Å². The Bertz CT molecular complexity index is 1340. The van der Waals surface area contributed by atoms with Crippen LogP contribution in [-0.4, -0.2) is 38.1 Å². The number of halogens is 1. The first-order valence-corrected chi connectivity index (χ1v) is 11.9. The minimum Gasteiger partial charge on any atom is -0.507 e. The maximum absolute atomic E-state index is 13.5. The van der Waals surface area contributed by atoms with Gasteiger partial charge in [-0.05, 0) is 48.6 Å². The van der Waals surface area contributed by atoms with Crippen molar-refractivity contribution in [3.8, 4) is 17.2 Å². The Hall–Kier alpha value is -3.49. The maximum atomic E-state index is 13.5. The van der Waals surface area contributed by atoms with E-state index < -0.39 is 17.7 Å². The standard InChI is InChI=1S/C26H24ClNO6S/c1-13-8-18(24(34-5)19(27)9-13)22(29)20-21(25-14(2)6-7-35-25)28(26(31)23(20)30)15-10-16(32-3)12-17(11-15)33-4/h6-12,21,29H,1-5H3/b22-20+. The van der Waals surface area contributed by atoms with Crippen molar-refractivity contribution in [3.05, 3.63) is 73.9 Å². The van der Waals surface area contributed by atoms with Crippen LogP contribution >= 0.6 is 22.9 Å². The Kier molecular flexibility index (Phi) is 6.78. The number of amides is 1. The Labute approximate surface area is 212 Å². The van der Waals surface area contributed by atoms with E-state index in [1.807, 2.05) is 25.3 Å². The van der Waals surface area contributed by atoms with Gasteiger partial charge in [0.25, 0.3) is 11.7 Å². The molecule has 1 N–H and O–H groups in total. The number of carbonyl (C=O) groups excluding carboxylic acids is 2. The highest BCUT2D eigenvalue weighted by molar-refractivity contribution is 7.10. The number of methoxy groups -OCH3 is 3. The second kappa shape index (κ2) is 9.64. The van der Waals surface area contributed by atoms with E-state index in [9.17, 15) is 14.7 Å². The lowest BCUT2D eigenvalue weighted by Crippen LogP contribution is -2.29. The van der Waals surface area contributed by atoms with Crippen LogP contribution in [0.3, 0.4) is 0 Å². The summed E-state index contributed by atoms with van der Waals surface area (Å²) in [4.78, 5) is 29.0. The van der Waals surface area contributed by atoms with E-state index in [1.165, 1.54) is 37.6 Å². The molecular formula is C26H24ClNO6S. The van der Waals surface area contributed by atoms with E-state index in [2.05, 4.69) is 0 Å². The van der Waals surface area contributed by atoms with Gasteiger partial charge in [-0.1, -0.05) is 11.6 Å². The molecule has 1 amide bonds. The summed E-state index contributed by atoms with van der Waals surface area (Å²) in [6.07, 6.45) is 0. The number of carbonyl (C=O) groups is 2. The molecule has 3 aromatic rings. The molecule has 1 fully saturated rings. The average Bonchev–Trinajstić information content (AvgIpc) is 3.37. The zero-order chi connectivity index (χ0) is 25.4. The van der Waals surface area contributed by atoms with Crippen molar-refractivity contribution >= 4 is 46.1 Å². The topological polar surface area (TPSA) is 85.3 Å². The number of Topliss-reactive ketones (excluding diaryl/α,β-unsaturated/α-hetero) is 1. The van der Waals surface area contributed by atoms with Crippen molar-refractivity contribution in [3.63, 3.8) is 0 Å². The molecule has 1 atom stereocenters. The number of ether oxygens (including phenoxy) is 3. The summed E-state index contributed by atoms with van der Waals surface area (Å²) in [6, 6.07) is 9.35. The first-order valence-electron chi connectivity index (χ1n) is 10.6. The Morgan fingerprint density at radius 1 is 1.00 bits per heavy atom. The van der Waals surface area contributed by atoms with Crippen molar-refractivity contribution < 1.29 is 28.9 Å². The number of ketones is 1. The highest BCUT2D eigenvalue weighted by Crippen LogP contribution is 2.47. The summed E-state index contributed by atoms with van der Waals surface area (Å²) in [5.74, 6) is -0.837. The van der Waals surface area contributed by atoms with Crippen LogP contribution < -0.4 is 19.1 Å². The molecule has 0 radical (unpaired) electrons.